The molecule has 156 valence electrons. The van der Waals surface area contributed by atoms with Crippen molar-refractivity contribution in [3.05, 3.63) is 46.2 Å². The minimum absolute atomic E-state index is 0.168. The maximum Gasteiger partial charge on any atom is 0.134 e. The van der Waals surface area contributed by atoms with Crippen LogP contribution in [0.15, 0.2) is 30.6 Å². The van der Waals surface area contributed by atoms with E-state index in [1.807, 2.05) is 18.2 Å². The molecule has 1 aromatic heterocycles. The molecule has 1 aromatic carbocycles. The number of piperidine rings is 1. The van der Waals surface area contributed by atoms with Crippen LogP contribution in [-0.2, 0) is 6.54 Å². The molecule has 2 aromatic rings. The summed E-state index contributed by atoms with van der Waals surface area (Å²) >= 11 is 12.2. The number of hydrogen-bond acceptors (Lipinski definition) is 6. The van der Waals surface area contributed by atoms with E-state index in [0.29, 0.717) is 16.1 Å². The van der Waals surface area contributed by atoms with E-state index in [2.05, 4.69) is 25.1 Å². The van der Waals surface area contributed by atoms with Gasteiger partial charge in [0.15, 0.2) is 0 Å². The Hall–Kier alpha value is -1.60. The molecule has 3 heterocycles. The van der Waals surface area contributed by atoms with Crippen LogP contribution < -0.4 is 10.2 Å². The highest BCUT2D eigenvalue weighted by Gasteiger charge is 2.25. The van der Waals surface area contributed by atoms with E-state index in [1.165, 1.54) is 0 Å². The van der Waals surface area contributed by atoms with E-state index in [0.717, 1.165) is 69.1 Å². The van der Waals surface area contributed by atoms with Gasteiger partial charge < -0.3 is 15.3 Å². The summed E-state index contributed by atoms with van der Waals surface area (Å²) in [5.41, 5.74) is 1.15. The molecule has 6 nitrogen and oxygen atoms in total. The number of rotatable bonds is 6. The Morgan fingerprint density at radius 2 is 1.76 bits per heavy atom. The lowest BCUT2D eigenvalue weighted by Crippen LogP contribution is -2.39. The van der Waals surface area contributed by atoms with Gasteiger partial charge in [-0.3, -0.25) is 4.90 Å². The molecule has 2 saturated heterocycles. The van der Waals surface area contributed by atoms with Gasteiger partial charge in [-0.05, 0) is 49.4 Å². The Kier molecular flexibility index (Phi) is 6.75. The highest BCUT2D eigenvalue weighted by molar-refractivity contribution is 6.34. The number of nitrogens with zero attached hydrogens (tertiary/aromatic N) is 4. The van der Waals surface area contributed by atoms with Crippen molar-refractivity contribution >= 4 is 34.8 Å². The molecule has 4 rings (SSSR count). The Morgan fingerprint density at radius 1 is 1.00 bits per heavy atom. The first-order chi connectivity index (χ1) is 14.1. The first-order valence-corrected chi connectivity index (χ1v) is 11.0. The molecule has 2 aliphatic heterocycles. The first-order valence-electron chi connectivity index (χ1n) is 10.2. The number of hydrogen-bond donors (Lipinski definition) is 2. The van der Waals surface area contributed by atoms with E-state index in [1.54, 1.807) is 12.4 Å². The molecule has 1 atom stereocenters. The van der Waals surface area contributed by atoms with Gasteiger partial charge in [-0.2, -0.15) is 0 Å². The van der Waals surface area contributed by atoms with Crippen molar-refractivity contribution in [2.75, 3.05) is 36.5 Å². The van der Waals surface area contributed by atoms with E-state index >= 15 is 0 Å². The van der Waals surface area contributed by atoms with Gasteiger partial charge in [-0.1, -0.05) is 23.2 Å². The van der Waals surface area contributed by atoms with Gasteiger partial charge in [-0.15, -0.1) is 0 Å². The Morgan fingerprint density at radius 3 is 2.48 bits per heavy atom. The number of halogens is 2. The monoisotopic (exact) mass is 435 g/mol. The fourth-order valence-corrected chi connectivity index (χ4v) is 4.89. The zero-order valence-corrected chi connectivity index (χ0v) is 17.9. The zero-order chi connectivity index (χ0) is 20.2. The van der Waals surface area contributed by atoms with Gasteiger partial charge in [-0.25, -0.2) is 9.97 Å². The van der Waals surface area contributed by atoms with Crippen LogP contribution in [0.3, 0.4) is 0 Å². The SMILES string of the molecule is OCC1CCCN1c1cc(NC2CCN(Cc3cc(Cl)cc(Cl)c3)CC2)ncn1. The van der Waals surface area contributed by atoms with E-state index in [9.17, 15) is 5.11 Å². The van der Waals surface area contributed by atoms with Crippen LogP contribution in [0.25, 0.3) is 0 Å². The maximum absolute atomic E-state index is 9.57. The molecular weight excluding hydrogens is 409 g/mol. The summed E-state index contributed by atoms with van der Waals surface area (Å²) in [7, 11) is 0. The lowest BCUT2D eigenvalue weighted by Gasteiger charge is -2.33. The molecule has 0 saturated carbocycles. The molecule has 0 spiro atoms. The number of benzene rings is 1. The van der Waals surface area contributed by atoms with Crippen molar-refractivity contribution < 1.29 is 5.11 Å². The predicted molar refractivity (Wildman–Crippen MR) is 118 cm³/mol. The van der Waals surface area contributed by atoms with Gasteiger partial charge in [0, 0.05) is 48.3 Å². The number of aromatic nitrogens is 2. The van der Waals surface area contributed by atoms with Crippen LogP contribution in [-0.4, -0.2) is 58.3 Å². The van der Waals surface area contributed by atoms with Crippen LogP contribution in [0.5, 0.6) is 0 Å². The van der Waals surface area contributed by atoms with Crippen molar-refractivity contribution in [2.45, 2.75) is 44.3 Å². The van der Waals surface area contributed by atoms with Gasteiger partial charge in [0.05, 0.1) is 12.6 Å². The third-order valence-corrected chi connectivity index (χ3v) is 6.24. The molecule has 0 aliphatic carbocycles. The summed E-state index contributed by atoms with van der Waals surface area (Å²) in [6.07, 6.45) is 5.82. The number of likely N-dealkylation sites (tertiary alicyclic amines) is 1. The summed E-state index contributed by atoms with van der Waals surface area (Å²) in [5.74, 6) is 1.76. The first kappa shape index (κ1) is 20.7. The molecule has 2 aliphatic rings. The molecule has 0 amide bonds. The van der Waals surface area contributed by atoms with Crippen molar-refractivity contribution in [2.24, 2.45) is 0 Å². The molecule has 8 heteroatoms. The molecule has 2 N–H and O–H groups in total. The summed E-state index contributed by atoms with van der Waals surface area (Å²) in [6.45, 7) is 4.00. The Balaban J connectivity index is 1.31. The summed E-state index contributed by atoms with van der Waals surface area (Å²) in [6, 6.07) is 8.30. The van der Waals surface area contributed by atoms with E-state index in [-0.39, 0.29) is 12.6 Å². The fraction of sp³-hybridized carbons (Fsp3) is 0.524. The number of nitrogens with one attached hydrogen (secondary N) is 1. The average Bonchev–Trinajstić information content (AvgIpc) is 3.18. The number of aliphatic hydroxyl groups excluding tert-OH is 1. The maximum atomic E-state index is 9.57. The van der Waals surface area contributed by atoms with Crippen molar-refractivity contribution in [1.29, 1.82) is 0 Å². The van der Waals surface area contributed by atoms with Gasteiger partial charge in [0.25, 0.3) is 0 Å². The third kappa shape index (κ3) is 5.31. The average molecular weight is 436 g/mol. The molecule has 1 unspecified atom stereocenters. The second kappa shape index (κ2) is 9.47. The fourth-order valence-electron chi connectivity index (χ4n) is 4.32. The highest BCUT2D eigenvalue weighted by atomic mass is 35.5. The van der Waals surface area contributed by atoms with Crippen LogP contribution in [0.2, 0.25) is 10.0 Å². The van der Waals surface area contributed by atoms with Crippen molar-refractivity contribution in [1.82, 2.24) is 14.9 Å². The molecule has 0 radical (unpaired) electrons. The van der Waals surface area contributed by atoms with Crippen LogP contribution in [0.1, 0.15) is 31.2 Å². The van der Waals surface area contributed by atoms with E-state index in [4.69, 9.17) is 23.2 Å². The summed E-state index contributed by atoms with van der Waals surface area (Å²) in [5, 5.41) is 14.5. The predicted octanol–water partition coefficient (Wildman–Crippen LogP) is 3.82. The Bertz CT molecular complexity index is 808. The molecule has 29 heavy (non-hydrogen) atoms. The van der Waals surface area contributed by atoms with Crippen LogP contribution >= 0.6 is 23.2 Å². The molecule has 2 fully saturated rings. The molecule has 0 bridgehead atoms. The van der Waals surface area contributed by atoms with Gasteiger partial charge in [0.1, 0.15) is 18.0 Å². The third-order valence-electron chi connectivity index (χ3n) is 5.80. The minimum Gasteiger partial charge on any atom is -0.394 e. The molecular formula is C21H27Cl2N5O. The van der Waals surface area contributed by atoms with E-state index < -0.39 is 0 Å². The topological polar surface area (TPSA) is 64.5 Å². The Labute approximate surface area is 181 Å². The lowest BCUT2D eigenvalue weighted by molar-refractivity contribution is 0.211. The van der Waals surface area contributed by atoms with Crippen LogP contribution in [0, 0.1) is 0 Å². The normalized spacial score (nSPS) is 20.9. The lowest BCUT2D eigenvalue weighted by atomic mass is 10.0. The summed E-state index contributed by atoms with van der Waals surface area (Å²) in [4.78, 5) is 13.4. The number of aliphatic hydroxyl groups is 1. The van der Waals surface area contributed by atoms with Gasteiger partial charge in [0.2, 0.25) is 0 Å². The standard InChI is InChI=1S/C21H27Cl2N5O/c22-16-8-15(9-17(23)10-16)12-27-6-3-18(4-7-27)26-20-11-21(25-14-24-20)28-5-1-2-19(28)13-29/h8-11,14,18-19,29H,1-7,12-13H2,(H,24,25,26). The van der Waals surface area contributed by atoms with Crippen molar-refractivity contribution in [3.8, 4) is 0 Å². The highest BCUT2D eigenvalue weighted by Crippen LogP contribution is 2.26. The second-order valence-electron chi connectivity index (χ2n) is 7.91. The van der Waals surface area contributed by atoms with Crippen LogP contribution in [0.4, 0.5) is 11.6 Å². The quantitative estimate of drug-likeness (QED) is 0.718. The zero-order valence-electron chi connectivity index (χ0n) is 16.4. The number of anilines is 2. The second-order valence-corrected chi connectivity index (χ2v) is 8.78. The minimum atomic E-state index is 0.168. The summed E-state index contributed by atoms with van der Waals surface area (Å²) < 4.78 is 0. The van der Waals surface area contributed by atoms with Crippen molar-refractivity contribution in [3.63, 3.8) is 0 Å². The largest absolute Gasteiger partial charge is 0.394 e. The smallest absolute Gasteiger partial charge is 0.134 e. The van der Waals surface area contributed by atoms with Gasteiger partial charge >= 0.3 is 0 Å².